The van der Waals surface area contributed by atoms with Crippen molar-refractivity contribution in [2.75, 3.05) is 24.4 Å². The maximum Gasteiger partial charge on any atom is 0.262 e. The number of amides is 1. The monoisotopic (exact) mass is 360 g/mol. The molecule has 0 aliphatic carbocycles. The Balaban J connectivity index is 1.89. The first kappa shape index (κ1) is 17.0. The summed E-state index contributed by atoms with van der Waals surface area (Å²) in [7, 11) is 3.25. The lowest BCUT2D eigenvalue weighted by Crippen LogP contribution is -2.43. The summed E-state index contributed by atoms with van der Waals surface area (Å²) < 4.78 is 10.9. The molecule has 0 saturated carbocycles. The van der Waals surface area contributed by atoms with Gasteiger partial charge in [-0.05, 0) is 30.3 Å². The molecule has 0 bridgehead atoms. The minimum absolute atomic E-state index is 0.0755. The van der Waals surface area contributed by atoms with Crippen molar-refractivity contribution in [1.29, 1.82) is 0 Å². The van der Waals surface area contributed by atoms with E-state index in [1.165, 1.54) is 0 Å². The molecule has 1 N–H and O–H groups in total. The van der Waals surface area contributed by atoms with Gasteiger partial charge in [-0.2, -0.15) is 0 Å². The van der Waals surface area contributed by atoms with E-state index in [1.54, 1.807) is 19.1 Å². The zero-order valence-electron chi connectivity index (χ0n) is 15.2. The quantitative estimate of drug-likeness (QED) is 0.746. The van der Waals surface area contributed by atoms with Crippen molar-refractivity contribution in [3.05, 3.63) is 83.9 Å². The molecule has 1 amide bonds. The van der Waals surface area contributed by atoms with Crippen LogP contribution in [0.5, 0.6) is 11.5 Å². The van der Waals surface area contributed by atoms with Gasteiger partial charge in [-0.3, -0.25) is 9.69 Å². The highest BCUT2D eigenvalue weighted by molar-refractivity contribution is 6.12. The van der Waals surface area contributed by atoms with Crippen molar-refractivity contribution in [2.24, 2.45) is 0 Å². The third kappa shape index (κ3) is 2.97. The second kappa shape index (κ2) is 7.03. The number of ether oxygens (including phenoxy) is 2. The van der Waals surface area contributed by atoms with Crippen LogP contribution in [-0.2, 0) is 0 Å². The summed E-state index contributed by atoms with van der Waals surface area (Å²) in [6, 6.07) is 22.7. The van der Waals surface area contributed by atoms with E-state index in [2.05, 4.69) is 5.32 Å². The molecule has 0 fully saturated rings. The van der Waals surface area contributed by atoms with E-state index in [0.717, 1.165) is 22.7 Å². The average Bonchev–Trinajstić information content (AvgIpc) is 2.73. The van der Waals surface area contributed by atoms with Crippen LogP contribution < -0.4 is 19.7 Å². The molecule has 0 spiro atoms. The number of fused-ring (bicyclic) bond motifs is 1. The van der Waals surface area contributed by atoms with Crippen molar-refractivity contribution in [1.82, 2.24) is 0 Å². The molecule has 3 aromatic carbocycles. The Bertz CT molecular complexity index is 987. The van der Waals surface area contributed by atoms with Crippen LogP contribution in [-0.4, -0.2) is 20.1 Å². The fourth-order valence-corrected chi connectivity index (χ4v) is 3.39. The van der Waals surface area contributed by atoms with Gasteiger partial charge >= 0.3 is 0 Å². The standard InChI is InChI=1S/C22H20N2O3/c1-26-16-9-7-8-15(14-16)24-21(18-11-4-6-13-20(18)27-2)23-19-12-5-3-10-17(19)22(24)25/h3-14,21,23H,1-2H3. The van der Waals surface area contributed by atoms with Gasteiger partial charge in [0.2, 0.25) is 0 Å². The predicted octanol–water partition coefficient (Wildman–Crippen LogP) is 4.47. The number of nitrogens with zero attached hydrogens (tertiary/aromatic N) is 1. The molecule has 5 nitrogen and oxygen atoms in total. The van der Waals surface area contributed by atoms with E-state index in [9.17, 15) is 4.79 Å². The summed E-state index contributed by atoms with van der Waals surface area (Å²) >= 11 is 0. The molecular weight excluding hydrogens is 340 g/mol. The highest BCUT2D eigenvalue weighted by Gasteiger charge is 2.35. The second-order valence-corrected chi connectivity index (χ2v) is 6.21. The number of hydrogen-bond donors (Lipinski definition) is 1. The Labute approximate surface area is 158 Å². The van der Waals surface area contributed by atoms with Crippen LogP contribution in [0.4, 0.5) is 11.4 Å². The SMILES string of the molecule is COc1cccc(N2C(=O)c3ccccc3NC2c2ccccc2OC)c1. The molecule has 1 heterocycles. The minimum atomic E-state index is -0.407. The summed E-state index contributed by atoms with van der Waals surface area (Å²) in [5.41, 5.74) is 3.06. The number of anilines is 2. The zero-order valence-corrected chi connectivity index (χ0v) is 15.2. The van der Waals surface area contributed by atoms with Crippen LogP contribution >= 0.6 is 0 Å². The van der Waals surface area contributed by atoms with Crippen molar-refractivity contribution in [2.45, 2.75) is 6.17 Å². The van der Waals surface area contributed by atoms with Crippen LogP contribution in [0.15, 0.2) is 72.8 Å². The molecule has 0 radical (unpaired) electrons. The number of carbonyl (C=O) groups excluding carboxylic acids is 1. The summed E-state index contributed by atoms with van der Waals surface area (Å²) in [6.07, 6.45) is -0.407. The van der Waals surface area contributed by atoms with Gasteiger partial charge in [0.15, 0.2) is 0 Å². The number of rotatable bonds is 4. The van der Waals surface area contributed by atoms with Gasteiger partial charge in [0.25, 0.3) is 5.91 Å². The van der Waals surface area contributed by atoms with Crippen LogP contribution in [0.2, 0.25) is 0 Å². The minimum Gasteiger partial charge on any atom is -0.497 e. The van der Waals surface area contributed by atoms with E-state index >= 15 is 0 Å². The lowest BCUT2D eigenvalue weighted by Gasteiger charge is -2.38. The fraction of sp³-hybridized carbons (Fsp3) is 0.136. The topological polar surface area (TPSA) is 50.8 Å². The predicted molar refractivity (Wildman–Crippen MR) is 106 cm³/mol. The fourth-order valence-electron chi connectivity index (χ4n) is 3.39. The molecule has 0 aromatic heterocycles. The summed E-state index contributed by atoms with van der Waals surface area (Å²) in [5, 5.41) is 3.49. The smallest absolute Gasteiger partial charge is 0.262 e. The Hall–Kier alpha value is -3.47. The third-order valence-electron chi connectivity index (χ3n) is 4.69. The molecule has 3 aromatic rings. The molecule has 1 atom stereocenters. The maximum atomic E-state index is 13.4. The maximum absolute atomic E-state index is 13.4. The molecule has 5 heteroatoms. The normalized spacial score (nSPS) is 15.7. The van der Waals surface area contributed by atoms with E-state index in [0.29, 0.717) is 11.3 Å². The van der Waals surface area contributed by atoms with E-state index in [1.807, 2.05) is 72.8 Å². The number of para-hydroxylation sites is 2. The molecule has 136 valence electrons. The molecule has 1 unspecified atom stereocenters. The Morgan fingerprint density at radius 2 is 1.67 bits per heavy atom. The Morgan fingerprint density at radius 1 is 0.889 bits per heavy atom. The molecule has 1 aliphatic heterocycles. The molecule has 4 rings (SSSR count). The van der Waals surface area contributed by atoms with Crippen molar-refractivity contribution >= 4 is 17.3 Å². The first-order valence-electron chi connectivity index (χ1n) is 8.69. The van der Waals surface area contributed by atoms with Crippen LogP contribution in [0.3, 0.4) is 0 Å². The number of carbonyl (C=O) groups is 1. The highest BCUT2D eigenvalue weighted by Crippen LogP contribution is 2.40. The van der Waals surface area contributed by atoms with Crippen molar-refractivity contribution in [3.63, 3.8) is 0 Å². The largest absolute Gasteiger partial charge is 0.497 e. The number of hydrogen-bond acceptors (Lipinski definition) is 4. The lowest BCUT2D eigenvalue weighted by atomic mass is 10.0. The van der Waals surface area contributed by atoms with E-state index < -0.39 is 6.17 Å². The molecular formula is C22H20N2O3. The average molecular weight is 360 g/mol. The first-order chi connectivity index (χ1) is 13.2. The summed E-state index contributed by atoms with van der Waals surface area (Å²) in [4.78, 5) is 15.1. The molecule has 27 heavy (non-hydrogen) atoms. The van der Waals surface area contributed by atoms with E-state index in [4.69, 9.17) is 9.47 Å². The van der Waals surface area contributed by atoms with Crippen molar-refractivity contribution < 1.29 is 14.3 Å². The molecule has 0 saturated heterocycles. The van der Waals surface area contributed by atoms with Gasteiger partial charge in [0.1, 0.15) is 17.7 Å². The van der Waals surface area contributed by atoms with Gasteiger partial charge in [-0.1, -0.05) is 36.4 Å². The number of benzene rings is 3. The zero-order chi connectivity index (χ0) is 18.8. The number of nitrogens with one attached hydrogen (secondary N) is 1. The molecule has 1 aliphatic rings. The van der Waals surface area contributed by atoms with Gasteiger partial charge in [-0.25, -0.2) is 0 Å². The van der Waals surface area contributed by atoms with Crippen LogP contribution in [0.25, 0.3) is 0 Å². The summed E-state index contributed by atoms with van der Waals surface area (Å²) in [5.74, 6) is 1.33. The van der Waals surface area contributed by atoms with Gasteiger partial charge in [0.05, 0.1) is 25.5 Å². The highest BCUT2D eigenvalue weighted by atomic mass is 16.5. The lowest BCUT2D eigenvalue weighted by molar-refractivity contribution is 0.0974. The second-order valence-electron chi connectivity index (χ2n) is 6.21. The van der Waals surface area contributed by atoms with Crippen LogP contribution in [0.1, 0.15) is 22.1 Å². The van der Waals surface area contributed by atoms with Crippen molar-refractivity contribution in [3.8, 4) is 11.5 Å². The summed E-state index contributed by atoms with van der Waals surface area (Å²) in [6.45, 7) is 0. The number of methoxy groups -OCH3 is 2. The Kier molecular flexibility index (Phi) is 4.42. The Morgan fingerprint density at radius 3 is 2.48 bits per heavy atom. The van der Waals surface area contributed by atoms with Gasteiger partial charge < -0.3 is 14.8 Å². The third-order valence-corrected chi connectivity index (χ3v) is 4.69. The van der Waals surface area contributed by atoms with Crippen LogP contribution in [0, 0.1) is 0 Å². The first-order valence-corrected chi connectivity index (χ1v) is 8.69. The van der Waals surface area contributed by atoms with Gasteiger partial charge in [-0.15, -0.1) is 0 Å². The van der Waals surface area contributed by atoms with Gasteiger partial charge in [0, 0.05) is 17.3 Å². The van der Waals surface area contributed by atoms with E-state index in [-0.39, 0.29) is 5.91 Å².